The number of aliphatic hydroxyl groups excluding tert-OH is 1. The van der Waals surface area contributed by atoms with E-state index in [4.69, 9.17) is 5.11 Å². The summed E-state index contributed by atoms with van der Waals surface area (Å²) in [6, 6.07) is 4.13. The van der Waals surface area contributed by atoms with Crippen molar-refractivity contribution in [2.75, 3.05) is 13.2 Å². The van der Waals surface area contributed by atoms with Gasteiger partial charge >= 0.3 is 0 Å². The van der Waals surface area contributed by atoms with Crippen molar-refractivity contribution in [1.29, 1.82) is 0 Å². The van der Waals surface area contributed by atoms with Crippen molar-refractivity contribution < 1.29 is 5.11 Å². The van der Waals surface area contributed by atoms with Crippen molar-refractivity contribution >= 4 is 0 Å². The maximum atomic E-state index is 8.60. The molecule has 1 rings (SSSR count). The molecule has 0 radical (unpaired) electrons. The van der Waals surface area contributed by atoms with Gasteiger partial charge in [0.1, 0.15) is 0 Å². The predicted octanol–water partition coefficient (Wildman–Crippen LogP) is 1.64. The molecule has 0 aromatic carbocycles. The molecule has 1 heterocycles. The van der Waals surface area contributed by atoms with Gasteiger partial charge in [0, 0.05) is 25.0 Å². The van der Waals surface area contributed by atoms with Gasteiger partial charge in [0.05, 0.1) is 0 Å². The zero-order valence-corrected chi connectivity index (χ0v) is 9.37. The lowest BCUT2D eigenvalue weighted by Crippen LogP contribution is -2.14. The Kier molecular flexibility index (Phi) is 5.97. The highest BCUT2D eigenvalue weighted by Crippen LogP contribution is 1.99. The number of nitrogens with one attached hydrogen (secondary N) is 1. The second-order valence-corrected chi connectivity index (χ2v) is 3.77. The summed E-state index contributed by atoms with van der Waals surface area (Å²) in [5, 5.41) is 12.0. The van der Waals surface area contributed by atoms with E-state index in [2.05, 4.69) is 16.4 Å². The standard InChI is InChI=1S/C12H20N2O/c1-11-5-6-12(10-14-11)9-13-7-3-2-4-8-15/h5-6,10,13,15H,2-4,7-9H2,1H3. The first-order valence-electron chi connectivity index (χ1n) is 5.56. The molecule has 2 N–H and O–H groups in total. The van der Waals surface area contributed by atoms with Crippen molar-refractivity contribution in [2.24, 2.45) is 0 Å². The second kappa shape index (κ2) is 7.37. The Morgan fingerprint density at radius 1 is 1.27 bits per heavy atom. The molecule has 3 nitrogen and oxygen atoms in total. The lowest BCUT2D eigenvalue weighted by atomic mass is 10.2. The van der Waals surface area contributed by atoms with E-state index in [1.54, 1.807) is 0 Å². The Labute approximate surface area is 91.5 Å². The van der Waals surface area contributed by atoms with Gasteiger partial charge in [-0.1, -0.05) is 6.07 Å². The van der Waals surface area contributed by atoms with Crippen LogP contribution in [0.15, 0.2) is 18.3 Å². The average Bonchev–Trinajstić information content (AvgIpc) is 2.26. The molecule has 0 bridgehead atoms. The highest BCUT2D eigenvalue weighted by atomic mass is 16.2. The Morgan fingerprint density at radius 3 is 2.80 bits per heavy atom. The monoisotopic (exact) mass is 208 g/mol. The third-order valence-electron chi connectivity index (χ3n) is 2.31. The van der Waals surface area contributed by atoms with Gasteiger partial charge in [0.25, 0.3) is 0 Å². The van der Waals surface area contributed by atoms with E-state index in [9.17, 15) is 0 Å². The molecule has 1 aromatic heterocycles. The van der Waals surface area contributed by atoms with Crippen molar-refractivity contribution in [3.8, 4) is 0 Å². The van der Waals surface area contributed by atoms with E-state index in [0.717, 1.165) is 38.0 Å². The summed E-state index contributed by atoms with van der Waals surface area (Å²) < 4.78 is 0. The lowest BCUT2D eigenvalue weighted by Gasteiger charge is -2.04. The van der Waals surface area contributed by atoms with E-state index < -0.39 is 0 Å². The first kappa shape index (κ1) is 12.1. The largest absolute Gasteiger partial charge is 0.396 e. The van der Waals surface area contributed by atoms with Crippen molar-refractivity contribution in [2.45, 2.75) is 32.7 Å². The predicted molar refractivity (Wildman–Crippen MR) is 61.6 cm³/mol. The van der Waals surface area contributed by atoms with E-state index in [1.165, 1.54) is 5.56 Å². The van der Waals surface area contributed by atoms with Crippen LogP contribution in [-0.2, 0) is 6.54 Å². The molecular formula is C12H20N2O. The zero-order chi connectivity index (χ0) is 10.9. The molecule has 0 saturated heterocycles. The minimum Gasteiger partial charge on any atom is -0.396 e. The van der Waals surface area contributed by atoms with E-state index in [0.29, 0.717) is 6.61 Å². The van der Waals surface area contributed by atoms with Gasteiger partial charge in [-0.05, 0) is 44.4 Å². The third-order valence-corrected chi connectivity index (χ3v) is 2.31. The summed E-state index contributed by atoms with van der Waals surface area (Å²) in [4.78, 5) is 4.23. The number of aryl methyl sites for hydroxylation is 1. The van der Waals surface area contributed by atoms with Crippen molar-refractivity contribution in [1.82, 2.24) is 10.3 Å². The Morgan fingerprint density at radius 2 is 2.13 bits per heavy atom. The Bertz CT molecular complexity index is 259. The number of hydrogen-bond acceptors (Lipinski definition) is 3. The first-order chi connectivity index (χ1) is 7.33. The lowest BCUT2D eigenvalue weighted by molar-refractivity contribution is 0.283. The molecule has 0 aliphatic carbocycles. The van der Waals surface area contributed by atoms with Crippen LogP contribution in [0, 0.1) is 6.92 Å². The smallest absolute Gasteiger partial charge is 0.0431 e. The average molecular weight is 208 g/mol. The minimum atomic E-state index is 0.307. The first-order valence-corrected chi connectivity index (χ1v) is 5.56. The van der Waals surface area contributed by atoms with Crippen molar-refractivity contribution in [3.05, 3.63) is 29.6 Å². The summed E-state index contributed by atoms with van der Waals surface area (Å²) in [5.74, 6) is 0. The van der Waals surface area contributed by atoms with Crippen LogP contribution in [0.2, 0.25) is 0 Å². The van der Waals surface area contributed by atoms with Crippen LogP contribution in [0.3, 0.4) is 0 Å². The SMILES string of the molecule is Cc1ccc(CNCCCCCO)cn1. The van der Waals surface area contributed by atoms with Crippen LogP contribution in [0.25, 0.3) is 0 Å². The van der Waals surface area contributed by atoms with Gasteiger partial charge in [0.15, 0.2) is 0 Å². The van der Waals surface area contributed by atoms with E-state index in [1.807, 2.05) is 19.2 Å². The molecule has 0 spiro atoms. The number of aliphatic hydroxyl groups is 1. The molecule has 0 amide bonds. The van der Waals surface area contributed by atoms with Crippen LogP contribution in [0.5, 0.6) is 0 Å². The maximum absolute atomic E-state index is 8.60. The number of nitrogens with zero attached hydrogens (tertiary/aromatic N) is 1. The molecule has 0 atom stereocenters. The summed E-state index contributed by atoms with van der Waals surface area (Å²) in [5.41, 5.74) is 2.28. The van der Waals surface area contributed by atoms with E-state index >= 15 is 0 Å². The molecular weight excluding hydrogens is 188 g/mol. The molecule has 0 unspecified atom stereocenters. The highest BCUT2D eigenvalue weighted by Gasteiger charge is 1.93. The Hall–Kier alpha value is -0.930. The van der Waals surface area contributed by atoms with Crippen LogP contribution in [-0.4, -0.2) is 23.2 Å². The fourth-order valence-corrected chi connectivity index (χ4v) is 1.37. The summed E-state index contributed by atoms with van der Waals surface area (Å²) in [7, 11) is 0. The number of hydrogen-bond donors (Lipinski definition) is 2. The normalized spacial score (nSPS) is 10.5. The quantitative estimate of drug-likeness (QED) is 0.670. The molecule has 15 heavy (non-hydrogen) atoms. The maximum Gasteiger partial charge on any atom is 0.0431 e. The Balaban J connectivity index is 2.07. The topological polar surface area (TPSA) is 45.1 Å². The van der Waals surface area contributed by atoms with Gasteiger partial charge in [-0.15, -0.1) is 0 Å². The van der Waals surface area contributed by atoms with Crippen LogP contribution in [0.1, 0.15) is 30.5 Å². The molecule has 0 saturated carbocycles. The molecule has 84 valence electrons. The van der Waals surface area contributed by atoms with Gasteiger partial charge in [-0.25, -0.2) is 0 Å². The molecule has 0 aliphatic rings. The number of unbranched alkanes of at least 4 members (excludes halogenated alkanes) is 2. The third kappa shape index (κ3) is 5.50. The number of rotatable bonds is 7. The van der Waals surface area contributed by atoms with Crippen LogP contribution < -0.4 is 5.32 Å². The molecule has 3 heteroatoms. The zero-order valence-electron chi connectivity index (χ0n) is 9.37. The molecule has 1 aromatic rings. The highest BCUT2D eigenvalue weighted by molar-refractivity contribution is 5.12. The molecule has 0 aliphatic heterocycles. The van der Waals surface area contributed by atoms with Gasteiger partial charge < -0.3 is 10.4 Å². The molecule has 0 fully saturated rings. The van der Waals surface area contributed by atoms with Gasteiger partial charge in [-0.3, -0.25) is 4.98 Å². The van der Waals surface area contributed by atoms with Crippen LogP contribution in [0.4, 0.5) is 0 Å². The fourth-order valence-electron chi connectivity index (χ4n) is 1.37. The van der Waals surface area contributed by atoms with Gasteiger partial charge in [0.2, 0.25) is 0 Å². The van der Waals surface area contributed by atoms with Gasteiger partial charge in [-0.2, -0.15) is 0 Å². The fraction of sp³-hybridized carbons (Fsp3) is 0.583. The summed E-state index contributed by atoms with van der Waals surface area (Å²) in [6.45, 7) is 4.19. The van der Waals surface area contributed by atoms with Crippen molar-refractivity contribution in [3.63, 3.8) is 0 Å². The summed E-state index contributed by atoms with van der Waals surface area (Å²) >= 11 is 0. The van der Waals surface area contributed by atoms with E-state index in [-0.39, 0.29) is 0 Å². The number of aromatic nitrogens is 1. The number of pyridine rings is 1. The van der Waals surface area contributed by atoms with Crippen LogP contribution >= 0.6 is 0 Å². The second-order valence-electron chi connectivity index (χ2n) is 3.77. The summed E-state index contributed by atoms with van der Waals surface area (Å²) in [6.07, 6.45) is 5.04. The minimum absolute atomic E-state index is 0.307.